The van der Waals surface area contributed by atoms with E-state index in [9.17, 15) is 14.7 Å². The second kappa shape index (κ2) is 8.04. The number of benzene rings is 2. The van der Waals surface area contributed by atoms with E-state index in [1.54, 1.807) is 19.2 Å². The molecule has 24 heavy (non-hydrogen) atoms. The van der Waals surface area contributed by atoms with E-state index in [1.165, 1.54) is 12.1 Å². The number of nitrogens with one attached hydrogen (secondary N) is 2. The maximum Gasteiger partial charge on any atom is 0.326 e. The molecule has 0 fully saturated rings. The van der Waals surface area contributed by atoms with Gasteiger partial charge in [-0.1, -0.05) is 35.3 Å². The molecular formula is C17H16Cl2N2O3. The number of aliphatic carboxylic acids is 1. The molecule has 3 N–H and O–H groups in total. The normalized spacial score (nSPS) is 11.6. The summed E-state index contributed by atoms with van der Waals surface area (Å²) in [6.45, 7) is 0. The van der Waals surface area contributed by atoms with Crippen molar-refractivity contribution < 1.29 is 14.7 Å². The third-order valence-corrected chi connectivity index (χ3v) is 4.00. The minimum atomic E-state index is -1.13. The van der Waals surface area contributed by atoms with Crippen LogP contribution in [0.15, 0.2) is 42.5 Å². The Bertz CT molecular complexity index is 765. The van der Waals surface area contributed by atoms with Crippen LogP contribution in [0.25, 0.3) is 0 Å². The van der Waals surface area contributed by atoms with Crippen LogP contribution in [0.4, 0.5) is 5.69 Å². The van der Waals surface area contributed by atoms with Crippen LogP contribution in [0.1, 0.15) is 15.9 Å². The standard InChI is InChI=1S/C17H16Cl2N2O3/c1-20-12-4-2-3-10(7-12)8-15(17(23)24)21-16(22)13-9-11(18)5-6-14(13)19/h2-7,9,15,20H,8H2,1H3,(H,21,22)(H,23,24)/t15-/m0/s1. The number of anilines is 1. The fraction of sp³-hybridized carbons (Fsp3) is 0.176. The van der Waals surface area contributed by atoms with Crippen LogP contribution in [-0.4, -0.2) is 30.1 Å². The number of amides is 1. The van der Waals surface area contributed by atoms with Crippen LogP contribution >= 0.6 is 23.2 Å². The Labute approximate surface area is 149 Å². The van der Waals surface area contributed by atoms with Crippen LogP contribution < -0.4 is 10.6 Å². The highest BCUT2D eigenvalue weighted by Gasteiger charge is 2.22. The van der Waals surface area contributed by atoms with Crippen LogP contribution in [-0.2, 0) is 11.2 Å². The average molecular weight is 367 g/mol. The Morgan fingerprint density at radius 2 is 1.92 bits per heavy atom. The molecule has 2 aromatic rings. The van der Waals surface area contributed by atoms with Crippen molar-refractivity contribution >= 4 is 40.8 Å². The Morgan fingerprint density at radius 3 is 2.58 bits per heavy atom. The summed E-state index contributed by atoms with van der Waals surface area (Å²) in [6.07, 6.45) is 0.148. The minimum absolute atomic E-state index is 0.138. The zero-order valence-corrected chi connectivity index (χ0v) is 14.4. The van der Waals surface area contributed by atoms with Gasteiger partial charge in [0.2, 0.25) is 0 Å². The van der Waals surface area contributed by atoms with Crippen LogP contribution in [0.2, 0.25) is 10.0 Å². The highest BCUT2D eigenvalue weighted by Crippen LogP contribution is 2.21. The third-order valence-electron chi connectivity index (χ3n) is 3.43. The van der Waals surface area contributed by atoms with E-state index in [2.05, 4.69) is 10.6 Å². The van der Waals surface area contributed by atoms with Gasteiger partial charge in [0.05, 0.1) is 10.6 Å². The van der Waals surface area contributed by atoms with Gasteiger partial charge in [-0.15, -0.1) is 0 Å². The smallest absolute Gasteiger partial charge is 0.326 e. The number of carboxylic acid groups (broad SMARTS) is 1. The summed E-state index contributed by atoms with van der Waals surface area (Å²) in [5, 5.41) is 15.4. The first-order valence-electron chi connectivity index (χ1n) is 7.16. The lowest BCUT2D eigenvalue weighted by molar-refractivity contribution is -0.139. The van der Waals surface area contributed by atoms with Gasteiger partial charge in [0.15, 0.2) is 0 Å². The molecule has 0 spiro atoms. The third kappa shape index (κ3) is 4.63. The van der Waals surface area contributed by atoms with Crippen LogP contribution in [0.5, 0.6) is 0 Å². The Kier molecular flexibility index (Phi) is 6.06. The van der Waals surface area contributed by atoms with Gasteiger partial charge in [0.1, 0.15) is 6.04 Å². The molecule has 2 aromatic carbocycles. The van der Waals surface area contributed by atoms with E-state index in [1.807, 2.05) is 18.2 Å². The van der Waals surface area contributed by atoms with E-state index in [0.717, 1.165) is 11.3 Å². The van der Waals surface area contributed by atoms with Crippen molar-refractivity contribution in [1.82, 2.24) is 5.32 Å². The Morgan fingerprint density at radius 1 is 1.17 bits per heavy atom. The second-order valence-electron chi connectivity index (χ2n) is 5.14. The molecule has 0 radical (unpaired) electrons. The molecular weight excluding hydrogens is 351 g/mol. The molecule has 0 aliphatic heterocycles. The summed E-state index contributed by atoms with van der Waals surface area (Å²) < 4.78 is 0. The zero-order valence-electron chi connectivity index (χ0n) is 12.8. The van der Waals surface area contributed by atoms with E-state index < -0.39 is 17.9 Å². The van der Waals surface area contributed by atoms with Crippen molar-refractivity contribution in [2.24, 2.45) is 0 Å². The fourth-order valence-corrected chi connectivity index (χ4v) is 2.57. The maximum atomic E-state index is 12.3. The molecule has 0 aliphatic rings. The molecule has 0 saturated heterocycles. The number of carbonyl (C=O) groups is 2. The maximum absolute atomic E-state index is 12.3. The van der Waals surface area contributed by atoms with Crippen molar-refractivity contribution in [1.29, 1.82) is 0 Å². The summed E-state index contributed by atoms with van der Waals surface area (Å²) in [5.41, 5.74) is 1.78. The predicted octanol–water partition coefficient (Wildman–Crippen LogP) is 3.46. The summed E-state index contributed by atoms with van der Waals surface area (Å²) in [6, 6.07) is 10.7. The summed E-state index contributed by atoms with van der Waals surface area (Å²) in [7, 11) is 1.77. The minimum Gasteiger partial charge on any atom is -0.480 e. The van der Waals surface area contributed by atoms with Crippen LogP contribution in [0, 0.1) is 0 Å². The first kappa shape index (κ1) is 18.1. The number of halogens is 2. The van der Waals surface area contributed by atoms with Crippen molar-refractivity contribution in [2.45, 2.75) is 12.5 Å². The van der Waals surface area contributed by atoms with Gasteiger partial charge in [-0.2, -0.15) is 0 Å². The van der Waals surface area contributed by atoms with E-state index in [0.29, 0.717) is 5.02 Å². The number of carboxylic acids is 1. The molecule has 5 nitrogen and oxygen atoms in total. The molecule has 2 rings (SSSR count). The van der Waals surface area contributed by atoms with Crippen molar-refractivity contribution in [2.75, 3.05) is 12.4 Å². The quantitative estimate of drug-likeness (QED) is 0.731. The van der Waals surface area contributed by atoms with Gasteiger partial charge in [-0.3, -0.25) is 4.79 Å². The number of rotatable bonds is 6. The first-order valence-corrected chi connectivity index (χ1v) is 7.91. The number of hydrogen-bond acceptors (Lipinski definition) is 3. The van der Waals surface area contributed by atoms with Crippen molar-refractivity contribution in [3.63, 3.8) is 0 Å². The highest BCUT2D eigenvalue weighted by molar-refractivity contribution is 6.35. The molecule has 126 valence electrons. The Hall–Kier alpha value is -2.24. The lowest BCUT2D eigenvalue weighted by Gasteiger charge is -2.16. The van der Waals surface area contributed by atoms with E-state index >= 15 is 0 Å². The molecule has 0 aliphatic carbocycles. The lowest BCUT2D eigenvalue weighted by atomic mass is 10.0. The number of hydrogen-bond donors (Lipinski definition) is 3. The van der Waals surface area contributed by atoms with Crippen molar-refractivity contribution in [3.8, 4) is 0 Å². The van der Waals surface area contributed by atoms with Gasteiger partial charge in [-0.25, -0.2) is 4.79 Å². The van der Waals surface area contributed by atoms with Gasteiger partial charge < -0.3 is 15.7 Å². The van der Waals surface area contributed by atoms with Gasteiger partial charge >= 0.3 is 5.97 Å². The zero-order chi connectivity index (χ0) is 17.7. The number of carbonyl (C=O) groups excluding carboxylic acids is 1. The molecule has 0 bridgehead atoms. The molecule has 1 amide bonds. The monoisotopic (exact) mass is 366 g/mol. The average Bonchev–Trinajstić information content (AvgIpc) is 2.56. The van der Waals surface area contributed by atoms with Gasteiger partial charge in [0.25, 0.3) is 5.91 Å². The summed E-state index contributed by atoms with van der Waals surface area (Å²) >= 11 is 11.8. The first-order chi connectivity index (χ1) is 11.4. The van der Waals surface area contributed by atoms with Crippen LogP contribution in [0.3, 0.4) is 0 Å². The SMILES string of the molecule is CNc1cccc(C[C@H](NC(=O)c2cc(Cl)ccc2Cl)C(=O)O)c1. The topological polar surface area (TPSA) is 78.4 Å². The molecule has 1 atom stereocenters. The largest absolute Gasteiger partial charge is 0.480 e. The second-order valence-corrected chi connectivity index (χ2v) is 5.99. The lowest BCUT2D eigenvalue weighted by Crippen LogP contribution is -2.42. The predicted molar refractivity (Wildman–Crippen MR) is 95.0 cm³/mol. The van der Waals surface area contributed by atoms with Gasteiger partial charge in [0, 0.05) is 24.2 Å². The molecule has 0 heterocycles. The molecule has 0 unspecified atom stereocenters. The van der Waals surface area contributed by atoms with Gasteiger partial charge in [-0.05, 0) is 35.9 Å². The summed E-state index contributed by atoms with van der Waals surface area (Å²) in [4.78, 5) is 23.8. The van der Waals surface area contributed by atoms with E-state index in [-0.39, 0.29) is 17.0 Å². The molecule has 0 aromatic heterocycles. The molecule has 7 heteroatoms. The highest BCUT2D eigenvalue weighted by atomic mass is 35.5. The Balaban J connectivity index is 2.17. The fourth-order valence-electron chi connectivity index (χ4n) is 2.20. The summed E-state index contributed by atoms with van der Waals surface area (Å²) in [5.74, 6) is -1.71. The van der Waals surface area contributed by atoms with Crippen molar-refractivity contribution in [3.05, 3.63) is 63.6 Å². The van der Waals surface area contributed by atoms with E-state index in [4.69, 9.17) is 23.2 Å². The molecule has 0 saturated carbocycles.